The maximum Gasteiger partial charge on any atom is 0.361 e. The molecule has 7 heteroatoms. The van der Waals surface area contributed by atoms with E-state index < -0.39 is 27.7 Å². The van der Waals surface area contributed by atoms with Gasteiger partial charge in [-0.2, -0.15) is 0 Å². The van der Waals surface area contributed by atoms with Gasteiger partial charge in [-0.15, -0.1) is 0 Å². The van der Waals surface area contributed by atoms with Crippen molar-refractivity contribution >= 4 is 35.5 Å². The Labute approximate surface area is 101 Å². The summed E-state index contributed by atoms with van der Waals surface area (Å²) in [5, 5.41) is 9.35. The fourth-order valence-electron chi connectivity index (χ4n) is 1.55. The van der Waals surface area contributed by atoms with E-state index in [0.29, 0.717) is 5.75 Å². The molecule has 90 valence electrons. The lowest BCUT2D eigenvalue weighted by molar-refractivity contribution is -0.204. The highest BCUT2D eigenvalue weighted by Crippen LogP contribution is 2.51. The van der Waals surface area contributed by atoms with Crippen LogP contribution in [0.3, 0.4) is 0 Å². The zero-order valence-corrected chi connectivity index (χ0v) is 10.5. The maximum atomic E-state index is 11.7. The van der Waals surface area contributed by atoms with Crippen molar-refractivity contribution in [3.05, 3.63) is 0 Å². The minimum Gasteiger partial charge on any atom is -0.403 e. The van der Waals surface area contributed by atoms with Crippen molar-refractivity contribution < 1.29 is 24.2 Å². The Hall–Kier alpha value is -0.400. The molecule has 16 heavy (non-hydrogen) atoms. The molecule has 0 aromatic heterocycles. The second-order valence-corrected chi connectivity index (χ2v) is 6.68. The van der Waals surface area contributed by atoms with E-state index in [1.54, 1.807) is 13.8 Å². The third-order valence-electron chi connectivity index (χ3n) is 2.31. The summed E-state index contributed by atoms with van der Waals surface area (Å²) in [6.07, 6.45) is 0. The van der Waals surface area contributed by atoms with Gasteiger partial charge in [0.05, 0.1) is 0 Å². The lowest BCUT2D eigenvalue weighted by Gasteiger charge is -2.34. The smallest absolute Gasteiger partial charge is 0.361 e. The predicted molar refractivity (Wildman–Crippen MR) is 59.3 cm³/mol. The minimum atomic E-state index is -1.36. The molecule has 2 rings (SSSR count). The number of hydrogen-bond donors (Lipinski definition) is 1. The summed E-state index contributed by atoms with van der Waals surface area (Å²) in [6.45, 7) is 3.52. The summed E-state index contributed by atoms with van der Waals surface area (Å²) >= 11 is 2.06. The van der Waals surface area contributed by atoms with Gasteiger partial charge < -0.3 is 14.6 Å². The molecule has 0 amide bonds. The summed E-state index contributed by atoms with van der Waals surface area (Å²) < 4.78 is 8.90. The molecule has 1 spiro atoms. The third kappa shape index (κ3) is 2.03. The molecule has 2 fully saturated rings. The Kier molecular flexibility index (Phi) is 3.11. The molecular weight excluding hydrogens is 252 g/mol. The second-order valence-electron chi connectivity index (χ2n) is 3.95. The molecular formula is C9H12O5S2. The summed E-state index contributed by atoms with van der Waals surface area (Å²) in [5.74, 6) is -1.78. The summed E-state index contributed by atoms with van der Waals surface area (Å²) in [7, 11) is 0. The van der Waals surface area contributed by atoms with Crippen molar-refractivity contribution in [1.82, 2.24) is 0 Å². The first kappa shape index (κ1) is 12.1. The number of thioether (sulfide) groups is 2. The number of aliphatic hydroxyl groups is 1. The Morgan fingerprint density at radius 1 is 1.38 bits per heavy atom. The molecule has 2 aliphatic rings. The van der Waals surface area contributed by atoms with E-state index in [1.807, 2.05) is 0 Å². The van der Waals surface area contributed by atoms with Gasteiger partial charge in [-0.1, -0.05) is 25.6 Å². The fraction of sp³-hybridized carbons (Fsp3) is 0.778. The lowest BCUT2D eigenvalue weighted by Crippen LogP contribution is -2.47. The van der Waals surface area contributed by atoms with E-state index in [4.69, 9.17) is 9.47 Å². The van der Waals surface area contributed by atoms with E-state index in [2.05, 4.69) is 0 Å². The van der Waals surface area contributed by atoms with Crippen LogP contribution in [0.4, 0.5) is 0 Å². The number of rotatable bonds is 1. The van der Waals surface area contributed by atoms with Gasteiger partial charge in [-0.05, 0) is 17.7 Å². The number of carbonyl (C=O) groups is 2. The average Bonchev–Trinajstić information content (AvgIpc) is 2.44. The van der Waals surface area contributed by atoms with Crippen LogP contribution in [0.25, 0.3) is 0 Å². The van der Waals surface area contributed by atoms with Crippen molar-refractivity contribution in [2.24, 2.45) is 11.8 Å². The molecule has 1 unspecified atom stereocenters. The van der Waals surface area contributed by atoms with E-state index in [9.17, 15) is 14.7 Å². The summed E-state index contributed by atoms with van der Waals surface area (Å²) in [6, 6.07) is 0. The molecule has 2 saturated heterocycles. The average molecular weight is 264 g/mol. The molecule has 0 aromatic carbocycles. The third-order valence-corrected chi connectivity index (χ3v) is 5.06. The molecule has 2 heterocycles. The fourth-order valence-corrected chi connectivity index (χ4v) is 4.06. The van der Waals surface area contributed by atoms with Crippen LogP contribution in [-0.2, 0) is 19.1 Å². The van der Waals surface area contributed by atoms with Crippen molar-refractivity contribution in [2.45, 2.75) is 23.7 Å². The van der Waals surface area contributed by atoms with Crippen LogP contribution in [0, 0.1) is 11.8 Å². The first-order valence-electron chi connectivity index (χ1n) is 4.89. The van der Waals surface area contributed by atoms with Crippen LogP contribution < -0.4 is 0 Å². The van der Waals surface area contributed by atoms with Gasteiger partial charge in [0.1, 0.15) is 5.44 Å². The van der Waals surface area contributed by atoms with Crippen LogP contribution in [0.2, 0.25) is 0 Å². The number of aliphatic hydroxyl groups excluding tert-OH is 1. The van der Waals surface area contributed by atoms with E-state index in [0.717, 1.165) is 23.5 Å². The Morgan fingerprint density at radius 2 is 1.94 bits per heavy atom. The highest BCUT2D eigenvalue weighted by Gasteiger charge is 2.55. The molecule has 0 aromatic rings. The Morgan fingerprint density at radius 3 is 2.31 bits per heavy atom. The largest absolute Gasteiger partial charge is 0.403 e. The van der Waals surface area contributed by atoms with Crippen LogP contribution in [0.15, 0.2) is 0 Å². The Balaban J connectivity index is 2.15. The van der Waals surface area contributed by atoms with Crippen molar-refractivity contribution in [3.8, 4) is 0 Å². The first-order chi connectivity index (χ1) is 7.43. The molecule has 1 atom stereocenters. The monoisotopic (exact) mass is 264 g/mol. The first-order valence-corrected chi connectivity index (χ1v) is 6.75. The van der Waals surface area contributed by atoms with Gasteiger partial charge in [-0.25, -0.2) is 0 Å². The van der Waals surface area contributed by atoms with E-state index in [-0.39, 0.29) is 5.92 Å². The zero-order chi connectivity index (χ0) is 11.9. The number of ether oxygens (including phenoxy) is 2. The van der Waals surface area contributed by atoms with Gasteiger partial charge in [0.25, 0.3) is 0 Å². The van der Waals surface area contributed by atoms with Crippen LogP contribution in [-0.4, -0.2) is 32.7 Å². The normalized spacial score (nSPS) is 39.0. The lowest BCUT2D eigenvalue weighted by atomic mass is 9.96. The highest BCUT2D eigenvalue weighted by atomic mass is 32.2. The van der Waals surface area contributed by atoms with Crippen LogP contribution in [0.5, 0.6) is 0 Å². The van der Waals surface area contributed by atoms with Crippen molar-refractivity contribution in [3.63, 3.8) is 0 Å². The molecule has 0 radical (unpaired) electrons. The standard InChI is InChI=1S/C9H12O5S2/c1-4(2)6-7(11)13-9(14-8(6)12)15-3-5(10)16-9/h4-6,10H,3H2,1-2H3. The Bertz CT molecular complexity index is 312. The molecule has 1 N–H and O–H groups in total. The van der Waals surface area contributed by atoms with Crippen LogP contribution in [0.1, 0.15) is 13.8 Å². The topological polar surface area (TPSA) is 72.8 Å². The number of hydrogen-bond acceptors (Lipinski definition) is 7. The molecule has 5 nitrogen and oxygen atoms in total. The SMILES string of the molecule is CC(C)C1C(=O)OC2(OC1=O)SCC(O)S2. The number of esters is 2. The predicted octanol–water partition coefficient (Wildman–Crippen LogP) is 0.768. The van der Waals surface area contributed by atoms with E-state index >= 15 is 0 Å². The maximum absolute atomic E-state index is 11.7. The van der Waals surface area contributed by atoms with Gasteiger partial charge >= 0.3 is 16.4 Å². The quantitative estimate of drug-likeness (QED) is 0.554. The van der Waals surface area contributed by atoms with Gasteiger partial charge in [0, 0.05) is 5.75 Å². The minimum absolute atomic E-state index is 0.154. The molecule has 0 saturated carbocycles. The highest BCUT2D eigenvalue weighted by molar-refractivity contribution is 8.21. The zero-order valence-electron chi connectivity index (χ0n) is 8.84. The second kappa shape index (κ2) is 4.12. The van der Waals surface area contributed by atoms with Gasteiger partial charge in [-0.3, -0.25) is 9.59 Å². The number of carbonyl (C=O) groups excluding carboxylic acids is 2. The van der Waals surface area contributed by atoms with Gasteiger partial charge in [0.2, 0.25) is 0 Å². The van der Waals surface area contributed by atoms with Crippen molar-refractivity contribution in [1.29, 1.82) is 0 Å². The summed E-state index contributed by atoms with van der Waals surface area (Å²) in [4.78, 5) is 23.4. The summed E-state index contributed by atoms with van der Waals surface area (Å²) in [5.41, 5.74) is -0.679. The van der Waals surface area contributed by atoms with E-state index in [1.165, 1.54) is 0 Å². The van der Waals surface area contributed by atoms with Gasteiger partial charge in [0.15, 0.2) is 5.92 Å². The van der Waals surface area contributed by atoms with Crippen LogP contribution >= 0.6 is 23.5 Å². The molecule has 0 aliphatic carbocycles. The molecule has 2 aliphatic heterocycles. The van der Waals surface area contributed by atoms with Crippen molar-refractivity contribution in [2.75, 3.05) is 5.75 Å². The molecule has 0 bridgehead atoms.